The van der Waals surface area contributed by atoms with Crippen molar-refractivity contribution in [3.8, 4) is 0 Å². The quantitative estimate of drug-likeness (QED) is 0.597. The summed E-state index contributed by atoms with van der Waals surface area (Å²) in [7, 11) is 0. The van der Waals surface area contributed by atoms with Crippen LogP contribution < -0.4 is 0 Å². The first-order chi connectivity index (χ1) is 8.72. The van der Waals surface area contributed by atoms with Crippen molar-refractivity contribution in [2.45, 2.75) is 47.5 Å². The Kier molecular flexibility index (Phi) is 34.0. The normalized spacial score (nSPS) is 7.00. The summed E-state index contributed by atoms with van der Waals surface area (Å²) in [5, 5.41) is 15.4. The maximum atomic E-state index is 9.82. The molecule has 0 unspecified atom stereocenters. The Hall–Kier alpha value is -1.92. The smallest absolute Gasteiger partial charge is 0.303 e. The SMILES string of the molecule is CC=O.CCC(=O)O.CCC(=O)O.CCOC(C)=O. The minimum absolute atomic E-state index is 0.211. The summed E-state index contributed by atoms with van der Waals surface area (Å²) in [6, 6.07) is 0. The Morgan fingerprint density at radius 2 is 1.21 bits per heavy atom. The molecule has 114 valence electrons. The van der Waals surface area contributed by atoms with Crippen molar-refractivity contribution in [2.24, 2.45) is 0 Å². The first-order valence-electron chi connectivity index (χ1n) is 5.69. The fraction of sp³-hybridized carbons (Fsp3) is 0.667. The van der Waals surface area contributed by atoms with Crippen molar-refractivity contribution in [1.82, 2.24) is 0 Å². The zero-order chi connectivity index (χ0) is 16.3. The highest BCUT2D eigenvalue weighted by molar-refractivity contribution is 5.66. The van der Waals surface area contributed by atoms with Crippen LogP contribution in [0.2, 0.25) is 0 Å². The fourth-order valence-corrected chi connectivity index (χ4v) is 0.203. The Bertz CT molecular complexity index is 222. The third-order valence-corrected chi connectivity index (χ3v) is 0.953. The third-order valence-electron chi connectivity index (χ3n) is 0.953. The molecular formula is C12H24O7. The molecule has 0 amide bonds. The Balaban J connectivity index is -0.0000000811. The molecule has 0 aromatic carbocycles. The van der Waals surface area contributed by atoms with Gasteiger partial charge in [-0.25, -0.2) is 0 Å². The van der Waals surface area contributed by atoms with Gasteiger partial charge in [0.1, 0.15) is 6.29 Å². The summed E-state index contributed by atoms with van der Waals surface area (Å²) < 4.78 is 4.40. The largest absolute Gasteiger partial charge is 0.481 e. The topological polar surface area (TPSA) is 118 Å². The standard InChI is InChI=1S/C4H8O2.2C3H6O2.C2H4O/c1-3-6-4(2)5;2*1-2-3(4)5;1-2-3/h3H2,1-2H3;2*2H2,1H3,(H,4,5);2H,1H3. The van der Waals surface area contributed by atoms with E-state index in [2.05, 4.69) is 4.74 Å². The number of carboxylic acid groups (broad SMARTS) is 2. The molecule has 2 N–H and O–H groups in total. The van der Waals surface area contributed by atoms with Crippen molar-refractivity contribution >= 4 is 24.2 Å². The molecule has 0 saturated heterocycles. The van der Waals surface area contributed by atoms with E-state index in [4.69, 9.17) is 15.0 Å². The number of carboxylic acids is 2. The van der Waals surface area contributed by atoms with Crippen LogP contribution in [0.15, 0.2) is 0 Å². The van der Waals surface area contributed by atoms with E-state index in [-0.39, 0.29) is 18.8 Å². The van der Waals surface area contributed by atoms with Gasteiger partial charge in [0.15, 0.2) is 0 Å². The number of hydrogen-bond donors (Lipinski definition) is 2. The lowest BCUT2D eigenvalue weighted by molar-refractivity contribution is -0.140. The minimum atomic E-state index is -0.745. The summed E-state index contributed by atoms with van der Waals surface area (Å²) in [6.45, 7) is 8.30. The summed E-state index contributed by atoms with van der Waals surface area (Å²) in [6.07, 6.45) is 1.19. The highest BCUT2D eigenvalue weighted by Gasteiger charge is 1.82. The second kappa shape index (κ2) is 25.1. The molecule has 0 atom stereocenters. The fourth-order valence-electron chi connectivity index (χ4n) is 0.203. The predicted molar refractivity (Wildman–Crippen MR) is 69.9 cm³/mol. The molecule has 0 aromatic heterocycles. The summed E-state index contributed by atoms with van der Waals surface area (Å²) >= 11 is 0. The van der Waals surface area contributed by atoms with Crippen LogP contribution in [0, 0.1) is 0 Å². The molecule has 19 heavy (non-hydrogen) atoms. The van der Waals surface area contributed by atoms with Gasteiger partial charge in [-0.15, -0.1) is 0 Å². The summed E-state index contributed by atoms with van der Waals surface area (Å²) in [5.74, 6) is -1.70. The van der Waals surface area contributed by atoms with E-state index >= 15 is 0 Å². The molecule has 7 nitrogen and oxygen atoms in total. The molecule has 0 saturated carbocycles. The molecule has 0 fully saturated rings. The number of carbonyl (C=O) groups is 4. The molecule has 0 bridgehead atoms. The van der Waals surface area contributed by atoms with E-state index in [9.17, 15) is 14.4 Å². The number of aldehydes is 1. The van der Waals surface area contributed by atoms with Gasteiger partial charge in [-0.2, -0.15) is 0 Å². The van der Waals surface area contributed by atoms with E-state index in [1.54, 1.807) is 20.8 Å². The monoisotopic (exact) mass is 280 g/mol. The minimum Gasteiger partial charge on any atom is -0.481 e. The lowest BCUT2D eigenvalue weighted by atomic mass is 10.5. The van der Waals surface area contributed by atoms with Crippen LogP contribution in [0.5, 0.6) is 0 Å². The molecule has 0 aromatic rings. The number of carbonyl (C=O) groups excluding carboxylic acids is 2. The Morgan fingerprint density at radius 3 is 1.21 bits per heavy atom. The summed E-state index contributed by atoms with van der Waals surface area (Å²) in [5.41, 5.74) is 0. The van der Waals surface area contributed by atoms with Gasteiger partial charge in [0.25, 0.3) is 0 Å². The lowest BCUT2D eigenvalue weighted by Gasteiger charge is -1.89. The van der Waals surface area contributed by atoms with Gasteiger partial charge >= 0.3 is 17.9 Å². The van der Waals surface area contributed by atoms with Crippen molar-refractivity contribution in [1.29, 1.82) is 0 Å². The molecule has 0 heterocycles. The van der Waals surface area contributed by atoms with Gasteiger partial charge in [-0.05, 0) is 13.8 Å². The van der Waals surface area contributed by atoms with E-state index < -0.39 is 11.9 Å². The Morgan fingerprint density at radius 1 is 1.00 bits per heavy atom. The third kappa shape index (κ3) is 124. The van der Waals surface area contributed by atoms with Gasteiger partial charge in [0.2, 0.25) is 0 Å². The number of aliphatic carboxylic acids is 2. The van der Waals surface area contributed by atoms with Gasteiger partial charge in [0, 0.05) is 19.8 Å². The number of rotatable bonds is 3. The molecule has 0 aliphatic carbocycles. The maximum absolute atomic E-state index is 9.82. The van der Waals surface area contributed by atoms with Crippen molar-refractivity contribution in [3.63, 3.8) is 0 Å². The molecule has 0 aliphatic rings. The van der Waals surface area contributed by atoms with E-state index in [0.717, 1.165) is 6.29 Å². The van der Waals surface area contributed by atoms with E-state index in [0.29, 0.717) is 6.61 Å². The second-order valence-electron chi connectivity index (χ2n) is 2.65. The van der Waals surface area contributed by atoms with Gasteiger partial charge in [0.05, 0.1) is 6.61 Å². The van der Waals surface area contributed by atoms with Crippen LogP contribution in [0.25, 0.3) is 0 Å². The first kappa shape index (κ1) is 25.8. The molecule has 7 heteroatoms. The van der Waals surface area contributed by atoms with Gasteiger partial charge in [-0.3, -0.25) is 14.4 Å². The molecule has 0 spiro atoms. The van der Waals surface area contributed by atoms with Crippen LogP contribution in [-0.2, 0) is 23.9 Å². The number of esters is 1. The zero-order valence-corrected chi connectivity index (χ0v) is 12.1. The van der Waals surface area contributed by atoms with E-state index in [1.807, 2.05) is 0 Å². The molecule has 0 rings (SSSR count). The highest BCUT2D eigenvalue weighted by atomic mass is 16.5. The number of hydrogen-bond acceptors (Lipinski definition) is 5. The lowest BCUT2D eigenvalue weighted by Crippen LogP contribution is -1.95. The van der Waals surface area contributed by atoms with Gasteiger partial charge < -0.3 is 19.7 Å². The molecular weight excluding hydrogens is 256 g/mol. The van der Waals surface area contributed by atoms with Gasteiger partial charge in [-0.1, -0.05) is 13.8 Å². The highest BCUT2D eigenvalue weighted by Crippen LogP contribution is 1.69. The number of ether oxygens (including phenoxy) is 1. The average molecular weight is 280 g/mol. The van der Waals surface area contributed by atoms with E-state index in [1.165, 1.54) is 13.8 Å². The van der Waals surface area contributed by atoms with Crippen LogP contribution in [0.3, 0.4) is 0 Å². The summed E-state index contributed by atoms with van der Waals surface area (Å²) in [4.78, 5) is 37.4. The first-order valence-corrected chi connectivity index (χ1v) is 5.69. The zero-order valence-electron chi connectivity index (χ0n) is 12.1. The van der Waals surface area contributed by atoms with Crippen LogP contribution >= 0.6 is 0 Å². The Labute approximate surface area is 113 Å². The second-order valence-corrected chi connectivity index (χ2v) is 2.65. The van der Waals surface area contributed by atoms with Crippen LogP contribution in [-0.4, -0.2) is 41.0 Å². The molecule has 0 radical (unpaired) electrons. The van der Waals surface area contributed by atoms with Crippen LogP contribution in [0.1, 0.15) is 47.5 Å². The maximum Gasteiger partial charge on any atom is 0.303 e. The average Bonchev–Trinajstić information content (AvgIpc) is 2.31. The van der Waals surface area contributed by atoms with Crippen molar-refractivity contribution in [3.05, 3.63) is 0 Å². The molecule has 0 aliphatic heterocycles. The van der Waals surface area contributed by atoms with Crippen molar-refractivity contribution < 1.29 is 34.1 Å². The van der Waals surface area contributed by atoms with Crippen molar-refractivity contribution in [2.75, 3.05) is 6.61 Å². The van der Waals surface area contributed by atoms with Crippen LogP contribution in [0.4, 0.5) is 0 Å². The predicted octanol–water partition coefficient (Wildman–Crippen LogP) is 1.74.